The van der Waals surface area contributed by atoms with E-state index in [0.29, 0.717) is 18.1 Å². The SMILES string of the molecule is COc1cccc(CNC(=O)c2cnc(N(C)C)nc2)c1. The molecule has 1 aromatic carbocycles. The summed E-state index contributed by atoms with van der Waals surface area (Å²) < 4.78 is 5.14. The molecular weight excluding hydrogens is 268 g/mol. The van der Waals surface area contributed by atoms with Gasteiger partial charge >= 0.3 is 0 Å². The smallest absolute Gasteiger partial charge is 0.254 e. The van der Waals surface area contributed by atoms with Crippen molar-refractivity contribution >= 4 is 11.9 Å². The summed E-state index contributed by atoms with van der Waals surface area (Å²) in [5, 5.41) is 2.83. The van der Waals surface area contributed by atoms with Crippen LogP contribution >= 0.6 is 0 Å². The van der Waals surface area contributed by atoms with Gasteiger partial charge in [0.05, 0.1) is 12.7 Å². The van der Waals surface area contributed by atoms with Crippen LogP contribution in [0.25, 0.3) is 0 Å². The highest BCUT2D eigenvalue weighted by Crippen LogP contribution is 2.12. The molecule has 0 unspecified atom stereocenters. The second kappa shape index (κ2) is 6.69. The van der Waals surface area contributed by atoms with Gasteiger partial charge in [0.2, 0.25) is 5.95 Å². The van der Waals surface area contributed by atoms with Crippen LogP contribution < -0.4 is 15.0 Å². The summed E-state index contributed by atoms with van der Waals surface area (Å²) >= 11 is 0. The molecular formula is C15H18N4O2. The molecule has 1 N–H and O–H groups in total. The summed E-state index contributed by atoms with van der Waals surface area (Å²) in [6, 6.07) is 7.55. The predicted octanol–water partition coefficient (Wildman–Crippen LogP) is 1.48. The fourth-order valence-electron chi connectivity index (χ4n) is 1.74. The summed E-state index contributed by atoms with van der Waals surface area (Å²) in [6.07, 6.45) is 3.03. The van der Waals surface area contributed by atoms with Crippen molar-refractivity contribution < 1.29 is 9.53 Å². The molecule has 0 aliphatic heterocycles. The molecule has 1 amide bonds. The quantitative estimate of drug-likeness (QED) is 0.901. The van der Waals surface area contributed by atoms with Gasteiger partial charge in [-0.2, -0.15) is 0 Å². The van der Waals surface area contributed by atoms with Gasteiger partial charge in [0, 0.05) is 33.0 Å². The van der Waals surface area contributed by atoms with Crippen LogP contribution in [0.15, 0.2) is 36.7 Å². The maximum Gasteiger partial charge on any atom is 0.254 e. The van der Waals surface area contributed by atoms with Crippen molar-refractivity contribution in [3.63, 3.8) is 0 Å². The van der Waals surface area contributed by atoms with E-state index in [0.717, 1.165) is 11.3 Å². The molecule has 0 aliphatic rings. The number of ether oxygens (including phenoxy) is 1. The van der Waals surface area contributed by atoms with Crippen LogP contribution in [-0.4, -0.2) is 37.1 Å². The van der Waals surface area contributed by atoms with Crippen molar-refractivity contribution in [3.8, 4) is 5.75 Å². The number of hydrogen-bond acceptors (Lipinski definition) is 5. The van der Waals surface area contributed by atoms with Crippen LogP contribution in [0.2, 0.25) is 0 Å². The Morgan fingerprint density at radius 3 is 2.62 bits per heavy atom. The van der Waals surface area contributed by atoms with Crippen LogP contribution in [0.5, 0.6) is 5.75 Å². The first-order valence-corrected chi connectivity index (χ1v) is 6.50. The lowest BCUT2D eigenvalue weighted by molar-refractivity contribution is 0.0950. The fourth-order valence-corrected chi connectivity index (χ4v) is 1.74. The Balaban J connectivity index is 1.97. The molecule has 0 spiro atoms. The Morgan fingerprint density at radius 2 is 2.00 bits per heavy atom. The fraction of sp³-hybridized carbons (Fsp3) is 0.267. The van der Waals surface area contributed by atoms with Gasteiger partial charge in [-0.25, -0.2) is 9.97 Å². The number of carbonyl (C=O) groups is 1. The van der Waals surface area contributed by atoms with Crippen molar-refractivity contribution in [1.29, 1.82) is 0 Å². The molecule has 1 heterocycles. The second-order valence-corrected chi connectivity index (χ2v) is 4.70. The molecule has 2 rings (SSSR count). The summed E-state index contributed by atoms with van der Waals surface area (Å²) in [5.74, 6) is 1.13. The van der Waals surface area contributed by atoms with Gasteiger partial charge in [0.25, 0.3) is 5.91 Å². The highest BCUT2D eigenvalue weighted by atomic mass is 16.5. The molecule has 0 fully saturated rings. The molecule has 0 aliphatic carbocycles. The van der Waals surface area contributed by atoms with E-state index in [2.05, 4.69) is 15.3 Å². The third-order valence-corrected chi connectivity index (χ3v) is 2.89. The van der Waals surface area contributed by atoms with Crippen LogP contribution in [-0.2, 0) is 6.54 Å². The minimum atomic E-state index is -0.205. The number of nitrogens with one attached hydrogen (secondary N) is 1. The van der Waals surface area contributed by atoms with E-state index < -0.39 is 0 Å². The Hall–Kier alpha value is -2.63. The number of benzene rings is 1. The van der Waals surface area contributed by atoms with E-state index >= 15 is 0 Å². The first-order valence-electron chi connectivity index (χ1n) is 6.50. The van der Waals surface area contributed by atoms with Crippen LogP contribution in [0.1, 0.15) is 15.9 Å². The van der Waals surface area contributed by atoms with E-state index in [-0.39, 0.29) is 5.91 Å². The maximum atomic E-state index is 12.0. The molecule has 0 radical (unpaired) electrons. The van der Waals surface area contributed by atoms with Crippen LogP contribution in [0.3, 0.4) is 0 Å². The number of nitrogens with zero attached hydrogens (tertiary/aromatic N) is 3. The Labute approximate surface area is 123 Å². The first-order chi connectivity index (χ1) is 10.1. The zero-order valence-corrected chi connectivity index (χ0v) is 12.3. The van der Waals surface area contributed by atoms with Gasteiger partial charge in [0.15, 0.2) is 0 Å². The van der Waals surface area contributed by atoms with Crippen LogP contribution in [0.4, 0.5) is 5.95 Å². The number of rotatable bonds is 5. The average Bonchev–Trinajstić information content (AvgIpc) is 2.53. The topological polar surface area (TPSA) is 67.3 Å². The van der Waals surface area contributed by atoms with Gasteiger partial charge in [-0.15, -0.1) is 0 Å². The number of amides is 1. The van der Waals surface area contributed by atoms with E-state index in [1.807, 2.05) is 38.4 Å². The maximum absolute atomic E-state index is 12.0. The molecule has 0 bridgehead atoms. The number of hydrogen-bond donors (Lipinski definition) is 1. The molecule has 0 atom stereocenters. The average molecular weight is 286 g/mol. The molecule has 21 heavy (non-hydrogen) atoms. The number of carbonyl (C=O) groups excluding carboxylic acids is 1. The van der Waals surface area contributed by atoms with Gasteiger partial charge in [-0.1, -0.05) is 12.1 Å². The van der Waals surface area contributed by atoms with Gasteiger partial charge < -0.3 is 15.0 Å². The lowest BCUT2D eigenvalue weighted by atomic mass is 10.2. The standard InChI is InChI=1S/C15H18N4O2/c1-19(2)15-17-9-12(10-18-15)14(20)16-8-11-5-4-6-13(7-11)21-3/h4-7,9-10H,8H2,1-3H3,(H,16,20). The normalized spacial score (nSPS) is 10.0. The zero-order chi connectivity index (χ0) is 15.2. The molecule has 6 heteroatoms. The van der Waals surface area contributed by atoms with Gasteiger partial charge in [-0.3, -0.25) is 4.79 Å². The largest absolute Gasteiger partial charge is 0.497 e. The minimum Gasteiger partial charge on any atom is -0.497 e. The molecule has 1 aromatic heterocycles. The number of methoxy groups -OCH3 is 1. The molecule has 6 nitrogen and oxygen atoms in total. The van der Waals surface area contributed by atoms with Crippen molar-refractivity contribution in [3.05, 3.63) is 47.8 Å². The molecule has 0 saturated heterocycles. The van der Waals surface area contributed by atoms with Crippen LogP contribution in [0, 0.1) is 0 Å². The van der Waals surface area contributed by atoms with E-state index in [1.54, 1.807) is 12.0 Å². The summed E-state index contributed by atoms with van der Waals surface area (Å²) in [6.45, 7) is 0.422. The summed E-state index contributed by atoms with van der Waals surface area (Å²) in [5.41, 5.74) is 1.40. The van der Waals surface area contributed by atoms with E-state index in [4.69, 9.17) is 4.74 Å². The van der Waals surface area contributed by atoms with Crippen molar-refractivity contribution in [1.82, 2.24) is 15.3 Å². The Kier molecular flexibility index (Phi) is 4.71. The van der Waals surface area contributed by atoms with E-state index in [9.17, 15) is 4.79 Å². The highest BCUT2D eigenvalue weighted by Gasteiger charge is 2.08. The van der Waals surface area contributed by atoms with Gasteiger partial charge in [-0.05, 0) is 17.7 Å². The molecule has 0 saturated carbocycles. The number of anilines is 1. The third kappa shape index (κ3) is 3.92. The zero-order valence-electron chi connectivity index (χ0n) is 12.3. The lowest BCUT2D eigenvalue weighted by Gasteiger charge is -2.10. The van der Waals surface area contributed by atoms with E-state index in [1.165, 1.54) is 12.4 Å². The Morgan fingerprint density at radius 1 is 1.29 bits per heavy atom. The predicted molar refractivity (Wildman–Crippen MR) is 80.5 cm³/mol. The molecule has 2 aromatic rings. The molecule has 110 valence electrons. The third-order valence-electron chi connectivity index (χ3n) is 2.89. The second-order valence-electron chi connectivity index (χ2n) is 4.70. The Bertz CT molecular complexity index is 611. The van der Waals surface area contributed by atoms with Gasteiger partial charge in [0.1, 0.15) is 5.75 Å². The summed E-state index contributed by atoms with van der Waals surface area (Å²) in [7, 11) is 5.30. The highest BCUT2D eigenvalue weighted by molar-refractivity contribution is 5.93. The van der Waals surface area contributed by atoms with Crippen molar-refractivity contribution in [2.24, 2.45) is 0 Å². The first kappa shape index (κ1) is 14.8. The van der Waals surface area contributed by atoms with Crippen molar-refractivity contribution in [2.45, 2.75) is 6.54 Å². The monoisotopic (exact) mass is 286 g/mol. The van der Waals surface area contributed by atoms with Crippen molar-refractivity contribution in [2.75, 3.05) is 26.1 Å². The lowest BCUT2D eigenvalue weighted by Crippen LogP contribution is -2.23. The minimum absolute atomic E-state index is 0.205. The number of aromatic nitrogens is 2. The summed E-state index contributed by atoms with van der Waals surface area (Å²) in [4.78, 5) is 22.0.